The number of amides is 2. The van der Waals surface area contributed by atoms with Crippen LogP contribution in [0.1, 0.15) is 19.1 Å². The highest BCUT2D eigenvalue weighted by Gasteiger charge is 2.11. The Bertz CT molecular complexity index is 998. The number of hydrogen-bond donors (Lipinski definition) is 2. The van der Waals surface area contributed by atoms with Crippen LogP contribution in [0.25, 0.3) is 11.3 Å². The van der Waals surface area contributed by atoms with Gasteiger partial charge in [0, 0.05) is 18.5 Å². The van der Waals surface area contributed by atoms with Crippen molar-refractivity contribution < 1.29 is 23.1 Å². The van der Waals surface area contributed by atoms with Crippen LogP contribution in [0.3, 0.4) is 0 Å². The number of rotatable bonds is 9. The van der Waals surface area contributed by atoms with E-state index in [1.807, 2.05) is 6.92 Å². The monoisotopic (exact) mass is 410 g/mol. The zero-order valence-electron chi connectivity index (χ0n) is 16.6. The van der Waals surface area contributed by atoms with E-state index in [4.69, 9.17) is 9.15 Å². The zero-order valence-corrected chi connectivity index (χ0v) is 16.6. The fourth-order valence-corrected chi connectivity index (χ4v) is 2.83. The molecule has 0 fully saturated rings. The summed E-state index contributed by atoms with van der Waals surface area (Å²) in [6, 6.07) is 16.7. The smallest absolute Gasteiger partial charge is 0.243 e. The minimum atomic E-state index is -0.366. The van der Waals surface area contributed by atoms with Crippen LogP contribution < -0.4 is 15.4 Å². The van der Waals surface area contributed by atoms with Crippen molar-refractivity contribution in [3.05, 3.63) is 72.2 Å². The summed E-state index contributed by atoms with van der Waals surface area (Å²) in [6.07, 6.45) is 0.501. The normalized spacial score (nSPS) is 10.5. The maximum atomic E-state index is 13.8. The Morgan fingerprint density at radius 1 is 1.00 bits per heavy atom. The standard InChI is InChI=1S/C23H23FN2O4/c1-2-29-17-9-7-16(8-10-17)26-23(28)15-25-22(27)14-12-18-11-13-21(30-18)19-5-3-4-6-20(19)24/h3-11,13H,2,12,14-15H2,1H3,(H,25,27)(H,26,28). The number of anilines is 1. The Morgan fingerprint density at radius 2 is 1.77 bits per heavy atom. The molecule has 3 aromatic rings. The average molecular weight is 410 g/mol. The molecule has 0 radical (unpaired) electrons. The first-order valence-electron chi connectivity index (χ1n) is 9.68. The lowest BCUT2D eigenvalue weighted by atomic mass is 10.1. The van der Waals surface area contributed by atoms with Gasteiger partial charge in [-0.3, -0.25) is 9.59 Å². The highest BCUT2D eigenvalue weighted by molar-refractivity contribution is 5.94. The molecule has 0 atom stereocenters. The van der Waals surface area contributed by atoms with Gasteiger partial charge in [-0.05, 0) is 55.5 Å². The maximum Gasteiger partial charge on any atom is 0.243 e. The number of carbonyl (C=O) groups is 2. The van der Waals surface area contributed by atoms with Gasteiger partial charge in [-0.15, -0.1) is 0 Å². The number of carbonyl (C=O) groups excluding carboxylic acids is 2. The number of benzene rings is 2. The fraction of sp³-hybridized carbons (Fsp3) is 0.217. The summed E-state index contributed by atoms with van der Waals surface area (Å²) in [7, 11) is 0. The van der Waals surface area contributed by atoms with E-state index >= 15 is 0 Å². The molecule has 0 aliphatic heterocycles. The molecule has 6 nitrogen and oxygen atoms in total. The molecule has 0 spiro atoms. The Morgan fingerprint density at radius 3 is 2.50 bits per heavy atom. The number of halogens is 1. The summed E-state index contributed by atoms with van der Waals surface area (Å²) < 4.78 is 24.8. The summed E-state index contributed by atoms with van der Waals surface area (Å²) in [6.45, 7) is 2.33. The molecule has 0 saturated carbocycles. The van der Waals surface area contributed by atoms with Crippen LogP contribution in [0.5, 0.6) is 5.75 Å². The van der Waals surface area contributed by atoms with Gasteiger partial charge in [-0.25, -0.2) is 4.39 Å². The summed E-state index contributed by atoms with van der Waals surface area (Å²) in [5, 5.41) is 5.28. The predicted octanol–water partition coefficient (Wildman–Crippen LogP) is 4.17. The van der Waals surface area contributed by atoms with E-state index in [1.54, 1.807) is 54.6 Å². The quantitative estimate of drug-likeness (QED) is 0.555. The average Bonchev–Trinajstić information content (AvgIpc) is 3.21. The fourth-order valence-electron chi connectivity index (χ4n) is 2.83. The highest BCUT2D eigenvalue weighted by Crippen LogP contribution is 2.25. The molecule has 2 aromatic carbocycles. The lowest BCUT2D eigenvalue weighted by molar-refractivity contribution is -0.124. The second-order valence-corrected chi connectivity index (χ2v) is 6.53. The molecule has 0 unspecified atom stereocenters. The van der Waals surface area contributed by atoms with Crippen molar-refractivity contribution in [1.82, 2.24) is 5.32 Å². The van der Waals surface area contributed by atoms with Crippen LogP contribution in [-0.4, -0.2) is 25.0 Å². The molecule has 1 heterocycles. The topological polar surface area (TPSA) is 80.6 Å². The second kappa shape index (κ2) is 10.2. The Balaban J connectivity index is 1.42. The van der Waals surface area contributed by atoms with Crippen molar-refractivity contribution in [1.29, 1.82) is 0 Å². The Hall–Kier alpha value is -3.61. The van der Waals surface area contributed by atoms with Gasteiger partial charge < -0.3 is 19.8 Å². The molecule has 7 heteroatoms. The molecule has 156 valence electrons. The van der Waals surface area contributed by atoms with Gasteiger partial charge in [0.1, 0.15) is 23.1 Å². The van der Waals surface area contributed by atoms with E-state index in [1.165, 1.54) is 6.07 Å². The summed E-state index contributed by atoms with van der Waals surface area (Å²) in [5.74, 6) is 0.739. The third kappa shape index (κ3) is 5.94. The molecule has 3 rings (SSSR count). The SMILES string of the molecule is CCOc1ccc(NC(=O)CNC(=O)CCc2ccc(-c3ccccc3F)o2)cc1. The van der Waals surface area contributed by atoms with Crippen molar-refractivity contribution in [3.8, 4) is 17.1 Å². The third-order valence-electron chi connectivity index (χ3n) is 4.29. The van der Waals surface area contributed by atoms with Crippen LogP contribution in [0.2, 0.25) is 0 Å². The first kappa shape index (κ1) is 21.1. The molecule has 0 saturated heterocycles. The van der Waals surface area contributed by atoms with Gasteiger partial charge in [-0.1, -0.05) is 12.1 Å². The molecule has 2 N–H and O–H groups in total. The molecule has 0 aliphatic rings. The minimum absolute atomic E-state index is 0.134. The van der Waals surface area contributed by atoms with Crippen LogP contribution in [0.15, 0.2) is 65.1 Å². The van der Waals surface area contributed by atoms with Crippen molar-refractivity contribution in [2.24, 2.45) is 0 Å². The van der Waals surface area contributed by atoms with Crippen LogP contribution in [-0.2, 0) is 16.0 Å². The number of ether oxygens (including phenoxy) is 1. The maximum absolute atomic E-state index is 13.8. The van der Waals surface area contributed by atoms with Gasteiger partial charge in [0.05, 0.1) is 18.7 Å². The lowest BCUT2D eigenvalue weighted by Gasteiger charge is -2.08. The van der Waals surface area contributed by atoms with E-state index in [2.05, 4.69) is 10.6 Å². The molecule has 0 bridgehead atoms. The van der Waals surface area contributed by atoms with E-state index < -0.39 is 0 Å². The highest BCUT2D eigenvalue weighted by atomic mass is 19.1. The Kier molecular flexibility index (Phi) is 7.21. The number of nitrogens with one attached hydrogen (secondary N) is 2. The van der Waals surface area contributed by atoms with Gasteiger partial charge >= 0.3 is 0 Å². The van der Waals surface area contributed by atoms with E-state index in [-0.39, 0.29) is 30.6 Å². The number of furan rings is 1. The molecule has 1 aromatic heterocycles. The first-order chi connectivity index (χ1) is 14.5. The molecule has 2 amide bonds. The van der Waals surface area contributed by atoms with Crippen LogP contribution >= 0.6 is 0 Å². The van der Waals surface area contributed by atoms with E-state index in [0.717, 1.165) is 5.75 Å². The van der Waals surface area contributed by atoms with Gasteiger partial charge in [0.2, 0.25) is 11.8 Å². The van der Waals surface area contributed by atoms with Crippen LogP contribution in [0, 0.1) is 5.82 Å². The summed E-state index contributed by atoms with van der Waals surface area (Å²) in [5.41, 5.74) is 0.994. The van der Waals surface area contributed by atoms with Crippen molar-refractivity contribution >= 4 is 17.5 Å². The molecule has 30 heavy (non-hydrogen) atoms. The molecular weight excluding hydrogens is 387 g/mol. The van der Waals surface area contributed by atoms with E-state index in [9.17, 15) is 14.0 Å². The van der Waals surface area contributed by atoms with Gasteiger partial charge in [0.15, 0.2) is 0 Å². The van der Waals surface area contributed by atoms with Gasteiger partial charge in [0.25, 0.3) is 0 Å². The first-order valence-corrected chi connectivity index (χ1v) is 9.68. The minimum Gasteiger partial charge on any atom is -0.494 e. The van der Waals surface area contributed by atoms with Gasteiger partial charge in [-0.2, -0.15) is 0 Å². The summed E-state index contributed by atoms with van der Waals surface area (Å²) >= 11 is 0. The number of aryl methyl sites for hydroxylation is 1. The largest absolute Gasteiger partial charge is 0.494 e. The lowest BCUT2D eigenvalue weighted by Crippen LogP contribution is -2.32. The van der Waals surface area contributed by atoms with Crippen LogP contribution in [0.4, 0.5) is 10.1 Å². The van der Waals surface area contributed by atoms with Crippen molar-refractivity contribution in [2.75, 3.05) is 18.5 Å². The second-order valence-electron chi connectivity index (χ2n) is 6.53. The molecular formula is C23H23FN2O4. The summed E-state index contributed by atoms with van der Waals surface area (Å²) in [4.78, 5) is 24.0. The van der Waals surface area contributed by atoms with E-state index in [0.29, 0.717) is 35.8 Å². The van der Waals surface area contributed by atoms with Crippen molar-refractivity contribution in [2.45, 2.75) is 19.8 Å². The third-order valence-corrected chi connectivity index (χ3v) is 4.29. The van der Waals surface area contributed by atoms with Crippen molar-refractivity contribution in [3.63, 3.8) is 0 Å². The molecule has 0 aliphatic carbocycles. The Labute approximate surface area is 174 Å². The zero-order chi connectivity index (χ0) is 21.3. The predicted molar refractivity (Wildman–Crippen MR) is 112 cm³/mol. The number of hydrogen-bond acceptors (Lipinski definition) is 4.